The Morgan fingerprint density at radius 2 is 1.68 bits per heavy atom. The number of hydrogen-bond donors (Lipinski definition) is 2. The van der Waals surface area contributed by atoms with Gasteiger partial charge in [-0.05, 0) is 81.6 Å². The summed E-state index contributed by atoms with van der Waals surface area (Å²) in [6, 6.07) is 18.7. The number of anilines is 2. The smallest absolute Gasteiger partial charge is 0.255 e. The van der Waals surface area contributed by atoms with Gasteiger partial charge < -0.3 is 19.9 Å². The van der Waals surface area contributed by atoms with E-state index in [2.05, 4.69) is 39.9 Å². The maximum Gasteiger partial charge on any atom is 0.255 e. The topological polar surface area (TPSA) is 98.1 Å². The van der Waals surface area contributed by atoms with Gasteiger partial charge in [0.05, 0.1) is 11.9 Å². The summed E-state index contributed by atoms with van der Waals surface area (Å²) < 4.78 is 7.54. The highest BCUT2D eigenvalue weighted by molar-refractivity contribution is 8.00. The van der Waals surface area contributed by atoms with Crippen molar-refractivity contribution in [2.24, 2.45) is 7.05 Å². The predicted molar refractivity (Wildman–Crippen MR) is 166 cm³/mol. The van der Waals surface area contributed by atoms with E-state index in [-0.39, 0.29) is 17.1 Å². The number of carbonyl (C=O) groups excluding carboxylic acids is 2. The highest BCUT2D eigenvalue weighted by Gasteiger charge is 2.21. The average Bonchev–Trinajstić information content (AvgIpc) is 3.30. The van der Waals surface area contributed by atoms with Gasteiger partial charge in [-0.15, -0.1) is 10.2 Å². The van der Waals surface area contributed by atoms with E-state index in [9.17, 15) is 9.59 Å². The standard InChI is InChI=1S/C32H37N5O3S/c1-7-8-16-40-27-14-12-24(13-15-27)31(39)33-26-11-9-10-25(19-26)29-35-36-32(37(29)6)41-23(5)30(38)34-28-21(3)17-20(2)18-22(28)4/h9-15,17-19,23H,7-8,16H2,1-6H3,(H,33,39)(H,34,38)/t23-/m0/s1. The molecule has 2 N–H and O–H groups in total. The minimum Gasteiger partial charge on any atom is -0.494 e. The van der Waals surface area contributed by atoms with Crippen molar-refractivity contribution in [3.8, 4) is 17.1 Å². The zero-order chi connectivity index (χ0) is 29.5. The number of thioether (sulfide) groups is 1. The van der Waals surface area contributed by atoms with Crippen LogP contribution in [0.4, 0.5) is 11.4 Å². The van der Waals surface area contributed by atoms with Crippen LogP contribution in [0.5, 0.6) is 5.75 Å². The normalized spacial score (nSPS) is 11.7. The van der Waals surface area contributed by atoms with Crippen LogP contribution in [0, 0.1) is 20.8 Å². The summed E-state index contributed by atoms with van der Waals surface area (Å²) in [6.07, 6.45) is 2.06. The van der Waals surface area contributed by atoms with Crippen LogP contribution in [-0.2, 0) is 11.8 Å². The van der Waals surface area contributed by atoms with Gasteiger partial charge in [0.15, 0.2) is 11.0 Å². The summed E-state index contributed by atoms with van der Waals surface area (Å²) in [7, 11) is 1.87. The molecule has 214 valence electrons. The minimum absolute atomic E-state index is 0.0973. The first-order valence-electron chi connectivity index (χ1n) is 13.8. The Balaban J connectivity index is 1.41. The summed E-state index contributed by atoms with van der Waals surface area (Å²) in [4.78, 5) is 25.9. The molecule has 0 aliphatic heterocycles. The summed E-state index contributed by atoms with van der Waals surface area (Å²) >= 11 is 1.34. The quantitative estimate of drug-likeness (QED) is 0.149. The Labute approximate surface area is 245 Å². The molecule has 0 spiro atoms. The Hall–Kier alpha value is -4.11. The summed E-state index contributed by atoms with van der Waals surface area (Å²) in [5.74, 6) is 1.07. The van der Waals surface area contributed by atoms with Gasteiger partial charge in [0.25, 0.3) is 5.91 Å². The van der Waals surface area contributed by atoms with Crippen LogP contribution >= 0.6 is 11.8 Å². The van der Waals surface area contributed by atoms with Gasteiger partial charge in [-0.25, -0.2) is 0 Å². The largest absolute Gasteiger partial charge is 0.494 e. The molecule has 4 aromatic rings. The van der Waals surface area contributed by atoms with E-state index in [0.717, 1.165) is 46.5 Å². The van der Waals surface area contributed by atoms with E-state index in [1.807, 2.05) is 75.7 Å². The van der Waals surface area contributed by atoms with Gasteiger partial charge >= 0.3 is 0 Å². The summed E-state index contributed by atoms with van der Waals surface area (Å²) in [5.41, 5.74) is 6.07. The Morgan fingerprint density at radius 1 is 0.976 bits per heavy atom. The second-order valence-corrected chi connectivity index (χ2v) is 11.5. The molecular weight excluding hydrogens is 534 g/mol. The molecule has 1 aromatic heterocycles. The second kappa shape index (κ2) is 13.5. The fourth-order valence-electron chi connectivity index (χ4n) is 4.46. The van der Waals surface area contributed by atoms with E-state index in [0.29, 0.717) is 28.8 Å². The lowest BCUT2D eigenvalue weighted by Crippen LogP contribution is -2.23. The van der Waals surface area contributed by atoms with E-state index < -0.39 is 0 Å². The SMILES string of the molecule is CCCCOc1ccc(C(=O)Nc2cccc(-c3nnc(S[C@@H](C)C(=O)Nc4c(C)cc(C)cc4C)n3C)c2)cc1. The van der Waals surface area contributed by atoms with Crippen LogP contribution in [0.1, 0.15) is 53.7 Å². The molecule has 1 heterocycles. The molecule has 8 nitrogen and oxygen atoms in total. The van der Waals surface area contributed by atoms with E-state index >= 15 is 0 Å². The van der Waals surface area contributed by atoms with Crippen molar-refractivity contribution in [2.75, 3.05) is 17.2 Å². The maximum absolute atomic E-state index is 13.0. The molecule has 0 bridgehead atoms. The van der Waals surface area contributed by atoms with E-state index in [1.54, 1.807) is 12.1 Å². The number of hydrogen-bond acceptors (Lipinski definition) is 6. The number of carbonyl (C=O) groups is 2. The van der Waals surface area contributed by atoms with Crippen LogP contribution in [-0.4, -0.2) is 38.4 Å². The van der Waals surface area contributed by atoms with Crippen molar-refractivity contribution in [3.05, 3.63) is 82.9 Å². The highest BCUT2D eigenvalue weighted by Crippen LogP contribution is 2.29. The third-order valence-electron chi connectivity index (χ3n) is 6.67. The lowest BCUT2D eigenvalue weighted by atomic mass is 10.1. The summed E-state index contributed by atoms with van der Waals surface area (Å²) in [6.45, 7) is 10.7. The Morgan fingerprint density at radius 3 is 2.37 bits per heavy atom. The lowest BCUT2D eigenvalue weighted by Gasteiger charge is -2.16. The maximum atomic E-state index is 13.0. The van der Waals surface area contributed by atoms with Crippen LogP contribution in [0.3, 0.4) is 0 Å². The number of amides is 2. The molecule has 0 radical (unpaired) electrons. The van der Waals surface area contributed by atoms with Crippen molar-refractivity contribution < 1.29 is 14.3 Å². The van der Waals surface area contributed by atoms with Crippen molar-refractivity contribution >= 4 is 35.0 Å². The number of nitrogens with one attached hydrogen (secondary N) is 2. The fourth-order valence-corrected chi connectivity index (χ4v) is 5.27. The van der Waals surface area contributed by atoms with Crippen molar-refractivity contribution in [2.45, 2.75) is 57.9 Å². The Bertz CT molecular complexity index is 1510. The van der Waals surface area contributed by atoms with Crippen molar-refractivity contribution in [1.29, 1.82) is 0 Å². The van der Waals surface area contributed by atoms with Crippen molar-refractivity contribution in [3.63, 3.8) is 0 Å². The van der Waals surface area contributed by atoms with E-state index in [4.69, 9.17) is 4.74 Å². The molecule has 9 heteroatoms. The van der Waals surface area contributed by atoms with Gasteiger partial charge in [0.1, 0.15) is 5.75 Å². The molecule has 41 heavy (non-hydrogen) atoms. The van der Waals surface area contributed by atoms with Crippen molar-refractivity contribution in [1.82, 2.24) is 14.8 Å². The predicted octanol–water partition coefficient (Wildman–Crippen LogP) is 6.96. The number of rotatable bonds is 11. The number of aryl methyl sites for hydroxylation is 3. The Kier molecular flexibility index (Phi) is 9.83. The summed E-state index contributed by atoms with van der Waals surface area (Å²) in [5, 5.41) is 15.0. The average molecular weight is 572 g/mol. The van der Waals surface area contributed by atoms with Crippen LogP contribution in [0.25, 0.3) is 11.4 Å². The first kappa shape index (κ1) is 29.9. The molecule has 0 unspecified atom stereocenters. The third kappa shape index (κ3) is 7.55. The van der Waals surface area contributed by atoms with Gasteiger partial charge in [0, 0.05) is 29.5 Å². The first-order chi connectivity index (χ1) is 19.7. The molecule has 3 aromatic carbocycles. The highest BCUT2D eigenvalue weighted by atomic mass is 32.2. The molecule has 1 atom stereocenters. The third-order valence-corrected chi connectivity index (χ3v) is 7.81. The molecule has 2 amide bonds. The van der Waals surface area contributed by atoms with Crippen LogP contribution in [0.2, 0.25) is 0 Å². The lowest BCUT2D eigenvalue weighted by molar-refractivity contribution is -0.115. The van der Waals surface area contributed by atoms with Gasteiger partial charge in [-0.2, -0.15) is 0 Å². The molecule has 0 aliphatic carbocycles. The molecule has 0 saturated heterocycles. The molecule has 0 saturated carbocycles. The van der Waals surface area contributed by atoms with Gasteiger partial charge in [-0.3, -0.25) is 9.59 Å². The van der Waals surface area contributed by atoms with Gasteiger partial charge in [-0.1, -0.05) is 54.9 Å². The van der Waals surface area contributed by atoms with E-state index in [1.165, 1.54) is 11.8 Å². The number of aromatic nitrogens is 3. The number of ether oxygens (including phenoxy) is 1. The molecular formula is C32H37N5O3S. The van der Waals surface area contributed by atoms with Gasteiger partial charge in [0.2, 0.25) is 5.91 Å². The fraction of sp³-hybridized carbons (Fsp3) is 0.312. The molecule has 0 aliphatic rings. The zero-order valence-corrected chi connectivity index (χ0v) is 25.3. The first-order valence-corrected chi connectivity index (χ1v) is 14.6. The monoisotopic (exact) mass is 571 g/mol. The van der Waals surface area contributed by atoms with Crippen LogP contribution < -0.4 is 15.4 Å². The molecule has 0 fully saturated rings. The van der Waals surface area contributed by atoms with Crippen LogP contribution in [0.15, 0.2) is 65.8 Å². The number of nitrogens with zero attached hydrogens (tertiary/aromatic N) is 3. The number of benzene rings is 3. The minimum atomic E-state index is -0.389. The second-order valence-electron chi connectivity index (χ2n) is 10.1. The molecule has 4 rings (SSSR count). The number of unbranched alkanes of at least 4 members (excludes halogenated alkanes) is 1. The zero-order valence-electron chi connectivity index (χ0n) is 24.4.